The number of ether oxygens (including phenoxy) is 1. The first kappa shape index (κ1) is 16.9. The summed E-state index contributed by atoms with van der Waals surface area (Å²) >= 11 is 0. The van der Waals surface area contributed by atoms with E-state index in [4.69, 9.17) is 10.5 Å². The maximum atomic E-state index is 12.2. The Morgan fingerprint density at radius 2 is 1.96 bits per heavy atom. The third-order valence-electron chi connectivity index (χ3n) is 4.74. The number of carbonyl (C=O) groups excluding carboxylic acids is 2. The maximum absolute atomic E-state index is 12.2. The number of rotatable bonds is 8. The summed E-state index contributed by atoms with van der Waals surface area (Å²) in [5.74, 6) is 0.672. The highest BCUT2D eigenvalue weighted by Crippen LogP contribution is 2.41. The summed E-state index contributed by atoms with van der Waals surface area (Å²) in [5, 5.41) is 3.08. The molecule has 3 rings (SSSR count). The molecule has 0 spiro atoms. The number of nitrogens with one attached hydrogen (secondary N) is 1. The van der Waals surface area contributed by atoms with Gasteiger partial charge >= 0.3 is 0 Å². The summed E-state index contributed by atoms with van der Waals surface area (Å²) < 4.78 is 5.49. The first-order valence-corrected chi connectivity index (χ1v) is 8.53. The Hall–Kier alpha value is -1.92. The molecule has 6 nitrogen and oxygen atoms in total. The molecule has 3 N–H and O–H groups in total. The highest BCUT2D eigenvalue weighted by Gasteiger charge is 2.43. The number of hydrogen-bond donors (Lipinski definition) is 2. The summed E-state index contributed by atoms with van der Waals surface area (Å²) in [6.07, 6.45) is 2.43. The summed E-state index contributed by atoms with van der Waals surface area (Å²) in [7, 11) is 0. The standard InChI is InChI=1S/C18H25N3O3/c19-17(22)10-21-8-15(14-6-7-14)16(9-21)20-18(23)12-24-11-13-4-2-1-3-5-13/h1-5,14-16H,6-12H2,(H2,19,22)(H,20,23)/t15-,16+/m1/s1. The number of benzene rings is 1. The van der Waals surface area contributed by atoms with Crippen LogP contribution in [0.5, 0.6) is 0 Å². The van der Waals surface area contributed by atoms with E-state index in [0.717, 1.165) is 12.1 Å². The fraction of sp³-hybridized carbons (Fsp3) is 0.556. The third-order valence-corrected chi connectivity index (χ3v) is 4.74. The van der Waals surface area contributed by atoms with Gasteiger partial charge in [-0.3, -0.25) is 14.5 Å². The van der Waals surface area contributed by atoms with Crippen LogP contribution in [0.15, 0.2) is 30.3 Å². The van der Waals surface area contributed by atoms with Gasteiger partial charge in [0.1, 0.15) is 6.61 Å². The van der Waals surface area contributed by atoms with Crippen LogP contribution in [0.3, 0.4) is 0 Å². The molecule has 0 aromatic heterocycles. The van der Waals surface area contributed by atoms with Crippen LogP contribution in [0.2, 0.25) is 0 Å². The van der Waals surface area contributed by atoms with Gasteiger partial charge < -0.3 is 15.8 Å². The Morgan fingerprint density at radius 3 is 2.62 bits per heavy atom. The SMILES string of the molecule is NC(=O)CN1C[C@H](NC(=O)COCc2ccccc2)[C@@H](C2CC2)C1. The lowest BCUT2D eigenvalue weighted by molar-refractivity contribution is -0.127. The Kier molecular flexibility index (Phi) is 5.48. The molecule has 1 aromatic rings. The molecule has 1 saturated carbocycles. The lowest BCUT2D eigenvalue weighted by Gasteiger charge is -2.19. The van der Waals surface area contributed by atoms with Crippen molar-refractivity contribution in [2.45, 2.75) is 25.5 Å². The van der Waals surface area contributed by atoms with E-state index < -0.39 is 0 Å². The van der Waals surface area contributed by atoms with Crippen LogP contribution in [-0.4, -0.2) is 49.0 Å². The average Bonchev–Trinajstić information content (AvgIpc) is 3.31. The van der Waals surface area contributed by atoms with Crippen LogP contribution >= 0.6 is 0 Å². The molecule has 130 valence electrons. The first-order chi connectivity index (χ1) is 11.6. The van der Waals surface area contributed by atoms with Gasteiger partial charge in [0.15, 0.2) is 0 Å². The monoisotopic (exact) mass is 331 g/mol. The largest absolute Gasteiger partial charge is 0.369 e. The van der Waals surface area contributed by atoms with Gasteiger partial charge in [0, 0.05) is 19.1 Å². The van der Waals surface area contributed by atoms with Crippen molar-refractivity contribution >= 4 is 11.8 Å². The molecule has 1 aromatic carbocycles. The molecule has 2 amide bonds. The van der Waals surface area contributed by atoms with Crippen LogP contribution in [0.1, 0.15) is 18.4 Å². The smallest absolute Gasteiger partial charge is 0.246 e. The number of likely N-dealkylation sites (tertiary alicyclic amines) is 1. The molecular formula is C18H25N3O3. The topological polar surface area (TPSA) is 84.7 Å². The molecule has 1 aliphatic heterocycles. The number of nitrogens with zero attached hydrogens (tertiary/aromatic N) is 1. The Bertz CT molecular complexity index is 574. The molecule has 1 heterocycles. The van der Waals surface area contributed by atoms with Gasteiger partial charge in [0.2, 0.25) is 11.8 Å². The van der Waals surface area contributed by atoms with Crippen molar-refractivity contribution in [1.82, 2.24) is 10.2 Å². The number of carbonyl (C=O) groups is 2. The van der Waals surface area contributed by atoms with Crippen molar-refractivity contribution in [3.05, 3.63) is 35.9 Å². The quantitative estimate of drug-likeness (QED) is 0.727. The molecular weight excluding hydrogens is 306 g/mol. The van der Waals surface area contributed by atoms with Crippen LogP contribution in [-0.2, 0) is 20.9 Å². The molecule has 0 bridgehead atoms. The van der Waals surface area contributed by atoms with Gasteiger partial charge in [-0.25, -0.2) is 0 Å². The molecule has 2 aliphatic rings. The molecule has 2 atom stereocenters. The lowest BCUT2D eigenvalue weighted by atomic mass is 9.98. The zero-order chi connectivity index (χ0) is 16.9. The van der Waals surface area contributed by atoms with Crippen molar-refractivity contribution in [2.75, 3.05) is 26.2 Å². The third kappa shape index (κ3) is 4.79. The normalized spacial score (nSPS) is 24.0. The Labute approximate surface area is 142 Å². The van der Waals surface area contributed by atoms with Gasteiger partial charge in [0.25, 0.3) is 0 Å². The van der Waals surface area contributed by atoms with Crippen molar-refractivity contribution in [2.24, 2.45) is 17.6 Å². The molecule has 0 radical (unpaired) electrons. The van der Waals surface area contributed by atoms with Gasteiger partial charge in [-0.1, -0.05) is 30.3 Å². The van der Waals surface area contributed by atoms with Crippen molar-refractivity contribution in [3.63, 3.8) is 0 Å². The van der Waals surface area contributed by atoms with E-state index in [-0.39, 0.29) is 31.0 Å². The summed E-state index contributed by atoms with van der Waals surface area (Å²) in [6, 6.07) is 9.88. The Balaban J connectivity index is 1.44. The van der Waals surface area contributed by atoms with E-state index >= 15 is 0 Å². The summed E-state index contributed by atoms with van der Waals surface area (Å²) in [4.78, 5) is 25.3. The second kappa shape index (κ2) is 7.77. The van der Waals surface area contributed by atoms with Gasteiger partial charge in [-0.2, -0.15) is 0 Å². The Morgan fingerprint density at radius 1 is 1.21 bits per heavy atom. The fourth-order valence-electron chi connectivity index (χ4n) is 3.50. The molecule has 0 unspecified atom stereocenters. The highest BCUT2D eigenvalue weighted by atomic mass is 16.5. The number of primary amides is 1. The van der Waals surface area contributed by atoms with Crippen LogP contribution in [0.4, 0.5) is 0 Å². The highest BCUT2D eigenvalue weighted by molar-refractivity contribution is 5.78. The average molecular weight is 331 g/mol. The van der Waals surface area contributed by atoms with E-state index in [1.165, 1.54) is 12.8 Å². The summed E-state index contributed by atoms with van der Waals surface area (Å²) in [5.41, 5.74) is 6.34. The van der Waals surface area contributed by atoms with Crippen LogP contribution < -0.4 is 11.1 Å². The minimum Gasteiger partial charge on any atom is -0.369 e. The minimum atomic E-state index is -0.317. The fourth-order valence-corrected chi connectivity index (χ4v) is 3.50. The first-order valence-electron chi connectivity index (χ1n) is 8.53. The van der Waals surface area contributed by atoms with Crippen LogP contribution in [0.25, 0.3) is 0 Å². The predicted molar refractivity (Wildman–Crippen MR) is 89.9 cm³/mol. The maximum Gasteiger partial charge on any atom is 0.246 e. The molecule has 1 aliphatic carbocycles. The molecule has 6 heteroatoms. The molecule has 1 saturated heterocycles. The number of amides is 2. The number of hydrogen-bond acceptors (Lipinski definition) is 4. The second-order valence-corrected chi connectivity index (χ2v) is 6.81. The summed E-state index contributed by atoms with van der Waals surface area (Å²) in [6.45, 7) is 2.27. The van der Waals surface area contributed by atoms with E-state index in [9.17, 15) is 9.59 Å². The van der Waals surface area contributed by atoms with Gasteiger partial charge in [-0.05, 0) is 30.2 Å². The second-order valence-electron chi connectivity index (χ2n) is 6.81. The van der Waals surface area contributed by atoms with E-state index in [0.29, 0.717) is 25.0 Å². The van der Waals surface area contributed by atoms with Crippen LogP contribution in [0, 0.1) is 11.8 Å². The van der Waals surface area contributed by atoms with Gasteiger partial charge in [0.05, 0.1) is 13.2 Å². The number of nitrogens with two attached hydrogens (primary N) is 1. The molecule has 2 fully saturated rings. The van der Waals surface area contributed by atoms with Crippen molar-refractivity contribution in [3.8, 4) is 0 Å². The zero-order valence-electron chi connectivity index (χ0n) is 13.8. The van der Waals surface area contributed by atoms with E-state index in [1.54, 1.807) is 0 Å². The lowest BCUT2D eigenvalue weighted by Crippen LogP contribution is -2.43. The van der Waals surface area contributed by atoms with Crippen molar-refractivity contribution in [1.29, 1.82) is 0 Å². The van der Waals surface area contributed by atoms with Crippen molar-refractivity contribution < 1.29 is 14.3 Å². The minimum absolute atomic E-state index is 0.0542. The van der Waals surface area contributed by atoms with E-state index in [2.05, 4.69) is 5.32 Å². The van der Waals surface area contributed by atoms with E-state index in [1.807, 2.05) is 35.2 Å². The van der Waals surface area contributed by atoms with Gasteiger partial charge in [-0.15, -0.1) is 0 Å². The molecule has 24 heavy (non-hydrogen) atoms. The zero-order valence-corrected chi connectivity index (χ0v) is 13.8. The predicted octanol–water partition coefficient (Wildman–Crippen LogP) is 0.515.